The average molecular weight is 493 g/mol. The van der Waals surface area contributed by atoms with Crippen molar-refractivity contribution in [2.24, 2.45) is 0 Å². The van der Waals surface area contributed by atoms with Crippen molar-refractivity contribution in [3.05, 3.63) is 95.0 Å². The summed E-state index contributed by atoms with van der Waals surface area (Å²) in [5.41, 5.74) is 1.35. The highest BCUT2D eigenvalue weighted by Gasteiger charge is 2.44. The molecule has 6 nitrogen and oxygen atoms in total. The monoisotopic (exact) mass is 492 g/mol. The molecule has 0 bridgehead atoms. The third-order valence-corrected chi connectivity index (χ3v) is 5.73. The van der Waals surface area contributed by atoms with Gasteiger partial charge in [-0.15, -0.1) is 0 Å². The summed E-state index contributed by atoms with van der Waals surface area (Å²) in [5.74, 6) is -0.550. The molecule has 1 unspecified atom stereocenters. The van der Waals surface area contributed by atoms with Crippen molar-refractivity contribution in [1.29, 1.82) is 0 Å². The number of halogens is 1. The lowest BCUT2D eigenvalue weighted by molar-refractivity contribution is -0.140. The second-order valence-corrected chi connectivity index (χ2v) is 8.29. The Hall–Kier alpha value is -3.45. The summed E-state index contributed by atoms with van der Waals surface area (Å²) in [5, 5.41) is 0. The van der Waals surface area contributed by atoms with Gasteiger partial charge in [-0.25, -0.2) is 4.90 Å². The summed E-state index contributed by atoms with van der Waals surface area (Å²) in [6.45, 7) is -0.0250. The summed E-state index contributed by atoms with van der Waals surface area (Å²) >= 11 is 3.36. The molecule has 1 fully saturated rings. The lowest BCUT2D eigenvalue weighted by atomic mass is 10.1. The third kappa shape index (κ3) is 4.89. The number of benzene rings is 3. The fourth-order valence-electron chi connectivity index (χ4n) is 3.62. The van der Waals surface area contributed by atoms with Crippen LogP contribution in [-0.2, 0) is 20.9 Å². The maximum absolute atomic E-state index is 13.3. The number of anilines is 1. The summed E-state index contributed by atoms with van der Waals surface area (Å²) in [6.07, 6.45) is -0.0706. The van der Waals surface area contributed by atoms with E-state index in [0.29, 0.717) is 11.4 Å². The molecule has 0 saturated carbocycles. The number of hydrogen-bond acceptors (Lipinski definition) is 4. The van der Waals surface area contributed by atoms with Gasteiger partial charge in [0.1, 0.15) is 11.8 Å². The van der Waals surface area contributed by atoms with Crippen LogP contribution in [0.4, 0.5) is 5.69 Å². The van der Waals surface area contributed by atoms with Crippen molar-refractivity contribution >= 4 is 39.3 Å². The van der Waals surface area contributed by atoms with Crippen LogP contribution in [0.1, 0.15) is 12.0 Å². The van der Waals surface area contributed by atoms with Crippen LogP contribution in [0.15, 0.2) is 89.4 Å². The predicted octanol–water partition coefficient (Wildman–Crippen LogP) is 4.19. The summed E-state index contributed by atoms with van der Waals surface area (Å²) < 4.78 is 6.47. The van der Waals surface area contributed by atoms with Gasteiger partial charge in [0.15, 0.2) is 6.61 Å². The molecule has 4 rings (SSSR count). The van der Waals surface area contributed by atoms with Gasteiger partial charge < -0.3 is 9.64 Å². The van der Waals surface area contributed by atoms with E-state index in [1.165, 1.54) is 4.90 Å². The van der Waals surface area contributed by atoms with Gasteiger partial charge in [-0.2, -0.15) is 0 Å². The first kappa shape index (κ1) is 21.8. The number of imide groups is 1. The molecule has 3 aromatic carbocycles. The fourth-order valence-corrected chi connectivity index (χ4v) is 3.88. The Bertz CT molecular complexity index is 1100. The number of nitrogens with zero attached hydrogens (tertiary/aromatic N) is 2. The van der Waals surface area contributed by atoms with E-state index in [2.05, 4.69) is 15.9 Å². The SMILES string of the molecule is O=C1CC(N(Cc2ccccc2)C(=O)COc2ccccc2)C(=O)N1c1ccc(Br)cc1. The summed E-state index contributed by atoms with van der Waals surface area (Å²) in [6, 6.07) is 24.4. The number of para-hydroxylation sites is 1. The molecule has 0 spiro atoms. The Morgan fingerprint density at radius 1 is 0.938 bits per heavy atom. The van der Waals surface area contributed by atoms with Gasteiger partial charge in [-0.3, -0.25) is 14.4 Å². The molecule has 1 aliphatic rings. The van der Waals surface area contributed by atoms with E-state index in [4.69, 9.17) is 4.74 Å². The predicted molar refractivity (Wildman–Crippen MR) is 124 cm³/mol. The second kappa shape index (κ2) is 9.78. The molecular weight excluding hydrogens is 472 g/mol. The molecule has 1 aliphatic heterocycles. The molecule has 1 saturated heterocycles. The normalized spacial score (nSPS) is 15.7. The Morgan fingerprint density at radius 2 is 1.56 bits per heavy atom. The summed E-state index contributed by atoms with van der Waals surface area (Å²) in [7, 11) is 0. The number of hydrogen-bond donors (Lipinski definition) is 0. The molecular formula is C25H21BrN2O4. The Labute approximate surface area is 194 Å². The van der Waals surface area contributed by atoms with E-state index in [1.807, 2.05) is 48.5 Å². The second-order valence-electron chi connectivity index (χ2n) is 7.37. The quantitative estimate of drug-likeness (QED) is 0.463. The highest BCUT2D eigenvalue weighted by molar-refractivity contribution is 9.10. The lowest BCUT2D eigenvalue weighted by Crippen LogP contribution is -2.46. The minimum atomic E-state index is -0.891. The number of carbonyl (C=O) groups excluding carboxylic acids is 3. The molecule has 1 atom stereocenters. The number of amides is 3. The van der Waals surface area contributed by atoms with Gasteiger partial charge in [-0.05, 0) is 42.0 Å². The first-order chi connectivity index (χ1) is 15.5. The molecule has 1 heterocycles. The van der Waals surface area contributed by atoms with Crippen molar-refractivity contribution in [1.82, 2.24) is 4.90 Å². The van der Waals surface area contributed by atoms with Crippen LogP contribution in [0.2, 0.25) is 0 Å². The van der Waals surface area contributed by atoms with Crippen molar-refractivity contribution in [3.63, 3.8) is 0 Å². The molecule has 162 valence electrons. The number of rotatable bonds is 7. The molecule has 7 heteroatoms. The van der Waals surface area contributed by atoms with Crippen LogP contribution < -0.4 is 9.64 Å². The van der Waals surface area contributed by atoms with Crippen LogP contribution in [-0.4, -0.2) is 35.3 Å². The van der Waals surface area contributed by atoms with Gasteiger partial charge in [0.05, 0.1) is 12.1 Å². The van der Waals surface area contributed by atoms with Gasteiger partial charge >= 0.3 is 0 Å². The van der Waals surface area contributed by atoms with E-state index < -0.39 is 11.9 Å². The van der Waals surface area contributed by atoms with Crippen molar-refractivity contribution in [2.75, 3.05) is 11.5 Å². The van der Waals surface area contributed by atoms with Crippen LogP contribution in [0, 0.1) is 0 Å². The van der Waals surface area contributed by atoms with Crippen LogP contribution in [0.25, 0.3) is 0 Å². The molecule has 32 heavy (non-hydrogen) atoms. The van der Waals surface area contributed by atoms with Crippen molar-refractivity contribution in [2.45, 2.75) is 19.0 Å². The third-order valence-electron chi connectivity index (χ3n) is 5.21. The Morgan fingerprint density at radius 3 is 2.22 bits per heavy atom. The van der Waals surface area contributed by atoms with Crippen molar-refractivity contribution < 1.29 is 19.1 Å². The van der Waals surface area contributed by atoms with E-state index in [-0.39, 0.29) is 31.4 Å². The zero-order chi connectivity index (χ0) is 22.5. The van der Waals surface area contributed by atoms with Crippen LogP contribution >= 0.6 is 15.9 Å². The maximum Gasteiger partial charge on any atom is 0.261 e. The van der Waals surface area contributed by atoms with Gasteiger partial charge in [0.25, 0.3) is 11.8 Å². The molecule has 0 aromatic heterocycles. The highest BCUT2D eigenvalue weighted by atomic mass is 79.9. The van der Waals surface area contributed by atoms with E-state index in [1.54, 1.807) is 36.4 Å². The summed E-state index contributed by atoms with van der Waals surface area (Å²) in [4.78, 5) is 41.8. The van der Waals surface area contributed by atoms with Crippen molar-refractivity contribution in [3.8, 4) is 5.75 Å². The first-order valence-electron chi connectivity index (χ1n) is 10.2. The molecule has 0 N–H and O–H groups in total. The number of carbonyl (C=O) groups is 3. The highest BCUT2D eigenvalue weighted by Crippen LogP contribution is 2.28. The topological polar surface area (TPSA) is 66.9 Å². The zero-order valence-electron chi connectivity index (χ0n) is 17.2. The molecule has 3 aromatic rings. The van der Waals surface area contributed by atoms with Gasteiger partial charge in [0.2, 0.25) is 5.91 Å². The average Bonchev–Trinajstić information content (AvgIpc) is 3.11. The Kier molecular flexibility index (Phi) is 6.66. The zero-order valence-corrected chi connectivity index (χ0v) is 18.8. The maximum atomic E-state index is 13.3. The van der Waals surface area contributed by atoms with E-state index in [0.717, 1.165) is 14.9 Å². The first-order valence-corrected chi connectivity index (χ1v) is 11.0. The van der Waals surface area contributed by atoms with Crippen LogP contribution in [0.3, 0.4) is 0 Å². The van der Waals surface area contributed by atoms with Gasteiger partial charge in [-0.1, -0.05) is 64.5 Å². The minimum absolute atomic E-state index is 0.0706. The lowest BCUT2D eigenvalue weighted by Gasteiger charge is -2.28. The minimum Gasteiger partial charge on any atom is -0.484 e. The van der Waals surface area contributed by atoms with E-state index >= 15 is 0 Å². The molecule has 0 aliphatic carbocycles. The fraction of sp³-hybridized carbons (Fsp3) is 0.160. The molecule has 0 radical (unpaired) electrons. The standard InChI is InChI=1S/C25H21BrN2O4/c26-19-11-13-20(14-12-19)28-23(29)15-22(25(28)31)27(16-18-7-3-1-4-8-18)24(30)17-32-21-9-5-2-6-10-21/h1-14,22H,15-17H2. The largest absolute Gasteiger partial charge is 0.484 e. The van der Waals surface area contributed by atoms with Gasteiger partial charge in [0, 0.05) is 11.0 Å². The molecule has 3 amide bonds. The van der Waals surface area contributed by atoms with E-state index in [9.17, 15) is 14.4 Å². The number of ether oxygens (including phenoxy) is 1. The van der Waals surface area contributed by atoms with Crippen LogP contribution in [0.5, 0.6) is 5.75 Å². The smallest absolute Gasteiger partial charge is 0.261 e. The Balaban J connectivity index is 1.57.